The van der Waals surface area contributed by atoms with Gasteiger partial charge in [-0.3, -0.25) is 0 Å². The molecule has 0 saturated heterocycles. The van der Waals surface area contributed by atoms with Crippen molar-refractivity contribution in [2.75, 3.05) is 6.61 Å². The van der Waals surface area contributed by atoms with Crippen LogP contribution in [-0.4, -0.2) is 25.3 Å². The molecule has 0 radical (unpaired) electrons. The van der Waals surface area contributed by atoms with Gasteiger partial charge in [-0.2, -0.15) is 4.39 Å². The van der Waals surface area contributed by atoms with Crippen LogP contribution in [0.15, 0.2) is 24.3 Å². The van der Waals surface area contributed by atoms with Crippen molar-refractivity contribution in [1.29, 1.82) is 0 Å². The standard InChI is InChI=1S/C11H10F4O4/c1-2-17-10(16)9(12)18-7-3-5-8(6-4-7)19-11(13,14)15/h3-6,9H,2H2,1H3. The number of carbonyl (C=O) groups excluding carboxylic acids is 1. The van der Waals surface area contributed by atoms with Crippen LogP contribution in [0.4, 0.5) is 17.6 Å². The second-order valence-corrected chi connectivity index (χ2v) is 3.21. The lowest BCUT2D eigenvalue weighted by atomic mass is 10.3. The minimum atomic E-state index is -4.81. The van der Waals surface area contributed by atoms with Crippen LogP contribution in [0.1, 0.15) is 6.92 Å². The monoisotopic (exact) mass is 282 g/mol. The smallest absolute Gasteiger partial charge is 0.461 e. The van der Waals surface area contributed by atoms with Crippen LogP contribution in [0.3, 0.4) is 0 Å². The fourth-order valence-corrected chi connectivity index (χ4v) is 1.10. The summed E-state index contributed by atoms with van der Waals surface area (Å²) in [6.45, 7) is 1.48. The lowest BCUT2D eigenvalue weighted by Gasteiger charge is -2.11. The Kier molecular flexibility index (Phi) is 4.96. The Labute approximate surface area is 105 Å². The Morgan fingerprint density at radius 1 is 1.21 bits per heavy atom. The highest BCUT2D eigenvalue weighted by Crippen LogP contribution is 2.25. The second kappa shape index (κ2) is 6.26. The summed E-state index contributed by atoms with van der Waals surface area (Å²) in [6, 6.07) is 3.93. The summed E-state index contributed by atoms with van der Waals surface area (Å²) >= 11 is 0. The molecule has 0 aromatic heterocycles. The van der Waals surface area contributed by atoms with Crippen molar-refractivity contribution in [2.24, 2.45) is 0 Å². The van der Waals surface area contributed by atoms with Crippen LogP contribution in [0.2, 0.25) is 0 Å². The SMILES string of the molecule is CCOC(=O)C(F)Oc1ccc(OC(F)(F)F)cc1. The number of benzene rings is 1. The number of esters is 1. The van der Waals surface area contributed by atoms with Gasteiger partial charge in [-0.1, -0.05) is 0 Å². The molecule has 0 heterocycles. The predicted molar refractivity (Wildman–Crippen MR) is 55.3 cm³/mol. The Balaban J connectivity index is 2.59. The fourth-order valence-electron chi connectivity index (χ4n) is 1.10. The Morgan fingerprint density at radius 3 is 2.21 bits per heavy atom. The minimum absolute atomic E-state index is 0.0129. The quantitative estimate of drug-likeness (QED) is 0.615. The summed E-state index contributed by atoms with van der Waals surface area (Å²) < 4.78 is 61.2. The molecule has 0 N–H and O–H groups in total. The van der Waals surface area contributed by atoms with Gasteiger partial charge >= 0.3 is 18.7 Å². The van der Waals surface area contributed by atoms with Crippen LogP contribution < -0.4 is 9.47 Å². The van der Waals surface area contributed by atoms with E-state index in [2.05, 4.69) is 14.2 Å². The average molecular weight is 282 g/mol. The van der Waals surface area contributed by atoms with Crippen molar-refractivity contribution >= 4 is 5.97 Å². The maximum atomic E-state index is 13.1. The molecule has 0 fully saturated rings. The molecule has 8 heteroatoms. The van der Waals surface area contributed by atoms with E-state index in [4.69, 9.17) is 0 Å². The highest BCUT2D eigenvalue weighted by molar-refractivity contribution is 5.73. The van der Waals surface area contributed by atoms with Gasteiger partial charge in [0, 0.05) is 0 Å². The lowest BCUT2D eigenvalue weighted by Crippen LogP contribution is -2.24. The first-order valence-electron chi connectivity index (χ1n) is 5.15. The largest absolute Gasteiger partial charge is 0.573 e. The van der Waals surface area contributed by atoms with E-state index in [1.165, 1.54) is 6.92 Å². The summed E-state index contributed by atoms with van der Waals surface area (Å²) in [5, 5.41) is 0. The fraction of sp³-hybridized carbons (Fsp3) is 0.364. The van der Waals surface area contributed by atoms with E-state index in [9.17, 15) is 22.4 Å². The first-order valence-corrected chi connectivity index (χ1v) is 5.15. The third-order valence-electron chi connectivity index (χ3n) is 1.77. The summed E-state index contributed by atoms with van der Waals surface area (Å²) in [5.41, 5.74) is 0. The normalized spacial score (nSPS) is 12.7. The number of rotatable bonds is 5. The van der Waals surface area contributed by atoms with Crippen molar-refractivity contribution in [3.63, 3.8) is 0 Å². The van der Waals surface area contributed by atoms with E-state index < -0.39 is 24.4 Å². The minimum Gasteiger partial charge on any atom is -0.461 e. The van der Waals surface area contributed by atoms with Crippen molar-refractivity contribution in [3.05, 3.63) is 24.3 Å². The Morgan fingerprint density at radius 2 is 1.74 bits per heavy atom. The van der Waals surface area contributed by atoms with Gasteiger partial charge in [0.2, 0.25) is 0 Å². The van der Waals surface area contributed by atoms with Gasteiger partial charge in [-0.25, -0.2) is 4.79 Å². The topological polar surface area (TPSA) is 44.8 Å². The van der Waals surface area contributed by atoms with Crippen LogP contribution in [0.25, 0.3) is 0 Å². The molecule has 0 aliphatic heterocycles. The highest BCUT2D eigenvalue weighted by Gasteiger charge is 2.31. The molecule has 0 bridgehead atoms. The van der Waals surface area contributed by atoms with Crippen molar-refractivity contribution in [2.45, 2.75) is 19.6 Å². The number of ether oxygens (including phenoxy) is 3. The van der Waals surface area contributed by atoms with Gasteiger partial charge in [0.25, 0.3) is 0 Å². The Bertz CT molecular complexity index is 416. The maximum Gasteiger partial charge on any atom is 0.573 e. The van der Waals surface area contributed by atoms with Crippen molar-refractivity contribution < 1.29 is 36.6 Å². The summed E-state index contributed by atoms with van der Waals surface area (Å²) in [4.78, 5) is 10.9. The van der Waals surface area contributed by atoms with Crippen LogP contribution >= 0.6 is 0 Å². The van der Waals surface area contributed by atoms with Crippen molar-refractivity contribution in [3.8, 4) is 11.5 Å². The lowest BCUT2D eigenvalue weighted by molar-refractivity contribution is -0.274. The molecule has 0 amide bonds. The molecule has 0 aliphatic carbocycles. The third kappa shape index (κ3) is 5.45. The molecular formula is C11H10F4O4. The Hall–Kier alpha value is -1.99. The number of hydrogen-bond donors (Lipinski definition) is 0. The molecule has 1 aromatic carbocycles. The molecule has 4 nitrogen and oxygen atoms in total. The highest BCUT2D eigenvalue weighted by atomic mass is 19.4. The van der Waals surface area contributed by atoms with E-state index in [1.54, 1.807) is 0 Å². The molecule has 1 atom stereocenters. The van der Waals surface area contributed by atoms with E-state index in [1.807, 2.05) is 0 Å². The van der Waals surface area contributed by atoms with Gasteiger partial charge in [-0.05, 0) is 31.2 Å². The third-order valence-corrected chi connectivity index (χ3v) is 1.77. The summed E-state index contributed by atoms with van der Waals surface area (Å²) in [7, 11) is 0. The first-order chi connectivity index (χ1) is 8.81. The molecule has 0 spiro atoms. The molecule has 0 aliphatic rings. The molecule has 19 heavy (non-hydrogen) atoms. The van der Waals surface area contributed by atoms with Crippen LogP contribution in [0, 0.1) is 0 Å². The van der Waals surface area contributed by atoms with Gasteiger partial charge < -0.3 is 14.2 Å². The average Bonchev–Trinajstić information content (AvgIpc) is 2.30. The number of hydrogen-bond acceptors (Lipinski definition) is 4. The molecule has 1 unspecified atom stereocenters. The van der Waals surface area contributed by atoms with E-state index >= 15 is 0 Å². The second-order valence-electron chi connectivity index (χ2n) is 3.21. The number of carbonyl (C=O) groups is 1. The molecule has 0 saturated carbocycles. The van der Waals surface area contributed by atoms with Crippen LogP contribution in [0.5, 0.6) is 11.5 Å². The molecule has 1 rings (SSSR count). The van der Waals surface area contributed by atoms with Gasteiger partial charge in [-0.15, -0.1) is 13.2 Å². The number of halogens is 4. The van der Waals surface area contributed by atoms with Gasteiger partial charge in [0.15, 0.2) is 0 Å². The molecule has 106 valence electrons. The summed E-state index contributed by atoms with van der Waals surface area (Å²) in [5.74, 6) is -1.82. The van der Waals surface area contributed by atoms with E-state index in [-0.39, 0.29) is 12.4 Å². The van der Waals surface area contributed by atoms with Crippen molar-refractivity contribution in [1.82, 2.24) is 0 Å². The van der Waals surface area contributed by atoms with E-state index in [0.29, 0.717) is 0 Å². The first kappa shape index (κ1) is 15.1. The predicted octanol–water partition coefficient (Wildman–Crippen LogP) is 2.82. The molecule has 1 aromatic rings. The molecular weight excluding hydrogens is 272 g/mol. The van der Waals surface area contributed by atoms with E-state index in [0.717, 1.165) is 24.3 Å². The zero-order valence-electron chi connectivity index (χ0n) is 9.74. The zero-order valence-corrected chi connectivity index (χ0v) is 9.74. The maximum absolute atomic E-state index is 13.1. The van der Waals surface area contributed by atoms with Gasteiger partial charge in [0.05, 0.1) is 6.61 Å². The zero-order chi connectivity index (χ0) is 14.5. The summed E-state index contributed by atoms with van der Waals surface area (Å²) in [6.07, 6.45) is -7.15. The van der Waals surface area contributed by atoms with Crippen LogP contribution in [-0.2, 0) is 9.53 Å². The van der Waals surface area contributed by atoms with Gasteiger partial charge in [0.1, 0.15) is 11.5 Å². The number of alkyl halides is 4.